The van der Waals surface area contributed by atoms with Gasteiger partial charge >= 0.3 is 0 Å². The van der Waals surface area contributed by atoms with Crippen LogP contribution in [0.3, 0.4) is 0 Å². The van der Waals surface area contributed by atoms with Gasteiger partial charge in [-0.25, -0.2) is 0 Å². The van der Waals surface area contributed by atoms with Crippen LogP contribution in [0.4, 0.5) is 0 Å². The number of hydrogen-bond donors (Lipinski definition) is 1. The molecule has 0 aliphatic carbocycles. The van der Waals surface area contributed by atoms with Gasteiger partial charge in [-0.3, -0.25) is 0 Å². The third-order valence-corrected chi connectivity index (χ3v) is 3.18. The van der Waals surface area contributed by atoms with E-state index in [0.29, 0.717) is 6.42 Å². The summed E-state index contributed by atoms with van der Waals surface area (Å²) in [5, 5.41) is 9.28. The van der Waals surface area contributed by atoms with Crippen LogP contribution in [0.2, 0.25) is 0 Å². The van der Waals surface area contributed by atoms with Crippen molar-refractivity contribution in [1.29, 1.82) is 0 Å². The Balaban J connectivity index is 4.04. The summed E-state index contributed by atoms with van der Waals surface area (Å²) in [5.74, 6) is 0.202. The standard InChI is InChI=1S/C18H30O2/c1-15(2)8-5-9-16(3)10-6-12-18(14-19)13-7-11-17(4)20/h8,10,13,19H,5-7,9,11-12,14H2,1-4H3/b16-10+,18-13-. The van der Waals surface area contributed by atoms with Crippen molar-refractivity contribution in [3.63, 3.8) is 0 Å². The Kier molecular flexibility index (Phi) is 11.0. The lowest BCUT2D eigenvalue weighted by atomic mass is 10.0. The molecule has 0 aliphatic rings. The molecule has 114 valence electrons. The Bertz CT molecular complexity index is 369. The maximum atomic E-state index is 10.9. The predicted molar refractivity (Wildman–Crippen MR) is 86.7 cm³/mol. The molecule has 0 atom stereocenters. The third-order valence-electron chi connectivity index (χ3n) is 3.18. The molecule has 20 heavy (non-hydrogen) atoms. The topological polar surface area (TPSA) is 37.3 Å². The number of carbonyl (C=O) groups excluding carboxylic acids is 1. The second-order valence-electron chi connectivity index (χ2n) is 5.67. The van der Waals surface area contributed by atoms with Crippen LogP contribution in [0.1, 0.15) is 66.2 Å². The Hall–Kier alpha value is -1.15. The average Bonchev–Trinajstić information content (AvgIpc) is 2.36. The molecule has 0 bridgehead atoms. The SMILES string of the molecule is CC(=O)CC/C=C(\CO)CC/C=C(\C)CCC=C(C)C. The smallest absolute Gasteiger partial charge is 0.130 e. The van der Waals surface area contributed by atoms with Crippen LogP contribution in [-0.4, -0.2) is 17.5 Å². The maximum Gasteiger partial charge on any atom is 0.130 e. The Morgan fingerprint density at radius 1 is 0.850 bits per heavy atom. The number of aliphatic hydroxyl groups is 1. The second kappa shape index (κ2) is 11.7. The quantitative estimate of drug-likeness (QED) is 0.586. The highest BCUT2D eigenvalue weighted by Crippen LogP contribution is 2.12. The zero-order chi connectivity index (χ0) is 15.4. The molecule has 0 spiro atoms. The van der Waals surface area contributed by atoms with Gasteiger partial charge in [0.15, 0.2) is 0 Å². The highest BCUT2D eigenvalue weighted by atomic mass is 16.3. The molecule has 0 amide bonds. The molecule has 0 aromatic rings. The van der Waals surface area contributed by atoms with Gasteiger partial charge in [-0.15, -0.1) is 0 Å². The largest absolute Gasteiger partial charge is 0.392 e. The summed E-state index contributed by atoms with van der Waals surface area (Å²) in [4.78, 5) is 10.9. The first-order valence-corrected chi connectivity index (χ1v) is 7.53. The monoisotopic (exact) mass is 278 g/mol. The molecule has 0 unspecified atom stereocenters. The summed E-state index contributed by atoms with van der Waals surface area (Å²) in [6.07, 6.45) is 11.9. The summed E-state index contributed by atoms with van der Waals surface area (Å²) in [6.45, 7) is 8.11. The van der Waals surface area contributed by atoms with Gasteiger partial charge in [0.2, 0.25) is 0 Å². The second-order valence-corrected chi connectivity index (χ2v) is 5.67. The van der Waals surface area contributed by atoms with Crippen molar-refractivity contribution in [3.05, 3.63) is 34.9 Å². The number of aliphatic hydroxyl groups excluding tert-OH is 1. The molecule has 0 saturated heterocycles. The zero-order valence-corrected chi connectivity index (χ0v) is 13.5. The molecular formula is C18H30O2. The summed E-state index contributed by atoms with van der Waals surface area (Å²) < 4.78 is 0. The lowest BCUT2D eigenvalue weighted by Crippen LogP contribution is -1.93. The number of carbonyl (C=O) groups is 1. The summed E-state index contributed by atoms with van der Waals surface area (Å²) >= 11 is 0. The van der Waals surface area contributed by atoms with Gasteiger partial charge in [0.05, 0.1) is 6.61 Å². The van der Waals surface area contributed by atoms with Gasteiger partial charge in [0, 0.05) is 6.42 Å². The molecular weight excluding hydrogens is 248 g/mol. The maximum absolute atomic E-state index is 10.9. The van der Waals surface area contributed by atoms with Gasteiger partial charge in [-0.2, -0.15) is 0 Å². The molecule has 0 heterocycles. The van der Waals surface area contributed by atoms with E-state index in [9.17, 15) is 9.90 Å². The molecule has 0 aromatic heterocycles. The first-order valence-electron chi connectivity index (χ1n) is 7.53. The van der Waals surface area contributed by atoms with Crippen LogP contribution in [-0.2, 0) is 4.79 Å². The number of Topliss-reactive ketones (excluding diaryl/α,β-unsaturated/α-hetero) is 1. The van der Waals surface area contributed by atoms with Crippen LogP contribution >= 0.6 is 0 Å². The van der Waals surface area contributed by atoms with Crippen molar-refractivity contribution in [3.8, 4) is 0 Å². The van der Waals surface area contributed by atoms with E-state index < -0.39 is 0 Å². The van der Waals surface area contributed by atoms with Crippen LogP contribution in [0.25, 0.3) is 0 Å². The van der Waals surface area contributed by atoms with Crippen LogP contribution < -0.4 is 0 Å². The van der Waals surface area contributed by atoms with E-state index in [1.807, 2.05) is 6.08 Å². The molecule has 0 fully saturated rings. The lowest BCUT2D eigenvalue weighted by Gasteiger charge is -2.03. The van der Waals surface area contributed by atoms with Gasteiger partial charge in [0.1, 0.15) is 5.78 Å². The fourth-order valence-electron chi connectivity index (χ4n) is 1.92. The van der Waals surface area contributed by atoms with E-state index in [0.717, 1.165) is 37.7 Å². The minimum atomic E-state index is 0.0998. The van der Waals surface area contributed by atoms with Gasteiger partial charge in [-0.1, -0.05) is 29.4 Å². The van der Waals surface area contributed by atoms with Crippen molar-refractivity contribution < 1.29 is 9.90 Å². The molecule has 1 N–H and O–H groups in total. The predicted octanol–water partition coefficient (Wildman–Crippen LogP) is 4.75. The molecule has 0 aromatic carbocycles. The highest BCUT2D eigenvalue weighted by Gasteiger charge is 1.97. The van der Waals surface area contributed by atoms with Crippen molar-refractivity contribution in [2.45, 2.75) is 66.2 Å². The van der Waals surface area contributed by atoms with Crippen molar-refractivity contribution in [2.75, 3.05) is 6.61 Å². The summed E-state index contributed by atoms with van der Waals surface area (Å²) in [6, 6.07) is 0. The van der Waals surface area contributed by atoms with Crippen LogP contribution in [0.5, 0.6) is 0 Å². The Labute approximate surface area is 124 Å². The summed E-state index contributed by atoms with van der Waals surface area (Å²) in [5.41, 5.74) is 3.82. The number of hydrogen-bond acceptors (Lipinski definition) is 2. The molecule has 0 radical (unpaired) electrons. The number of rotatable bonds is 10. The molecule has 2 heteroatoms. The normalized spacial score (nSPS) is 12.4. The minimum Gasteiger partial charge on any atom is -0.392 e. The van der Waals surface area contributed by atoms with E-state index in [1.54, 1.807) is 6.92 Å². The van der Waals surface area contributed by atoms with E-state index in [-0.39, 0.29) is 12.4 Å². The van der Waals surface area contributed by atoms with E-state index in [4.69, 9.17) is 0 Å². The fourth-order valence-corrected chi connectivity index (χ4v) is 1.92. The van der Waals surface area contributed by atoms with Crippen LogP contribution in [0, 0.1) is 0 Å². The van der Waals surface area contributed by atoms with E-state index in [2.05, 4.69) is 32.9 Å². The number of ketones is 1. The van der Waals surface area contributed by atoms with Gasteiger partial charge in [-0.05, 0) is 65.4 Å². The van der Waals surface area contributed by atoms with Crippen molar-refractivity contribution in [1.82, 2.24) is 0 Å². The van der Waals surface area contributed by atoms with E-state index in [1.165, 1.54) is 11.1 Å². The molecule has 0 aliphatic heterocycles. The Morgan fingerprint density at radius 3 is 2.00 bits per heavy atom. The third kappa shape index (κ3) is 11.9. The minimum absolute atomic E-state index is 0.0998. The molecule has 2 nitrogen and oxygen atoms in total. The fraction of sp³-hybridized carbons (Fsp3) is 0.611. The highest BCUT2D eigenvalue weighted by molar-refractivity contribution is 5.75. The first-order chi connectivity index (χ1) is 9.45. The first kappa shape index (κ1) is 18.9. The Morgan fingerprint density at radius 2 is 1.45 bits per heavy atom. The molecule has 0 saturated carbocycles. The number of allylic oxidation sites excluding steroid dienone is 5. The summed E-state index contributed by atoms with van der Waals surface area (Å²) in [7, 11) is 0. The van der Waals surface area contributed by atoms with Gasteiger partial charge in [0.25, 0.3) is 0 Å². The zero-order valence-electron chi connectivity index (χ0n) is 13.5. The van der Waals surface area contributed by atoms with Gasteiger partial charge < -0.3 is 9.90 Å². The van der Waals surface area contributed by atoms with Crippen molar-refractivity contribution in [2.24, 2.45) is 0 Å². The van der Waals surface area contributed by atoms with E-state index >= 15 is 0 Å². The van der Waals surface area contributed by atoms with Crippen LogP contribution in [0.15, 0.2) is 34.9 Å². The lowest BCUT2D eigenvalue weighted by molar-refractivity contribution is -0.116. The average molecular weight is 278 g/mol. The molecule has 0 rings (SSSR count). The van der Waals surface area contributed by atoms with Crippen molar-refractivity contribution >= 4 is 5.78 Å².